The van der Waals surface area contributed by atoms with Crippen molar-refractivity contribution in [2.75, 3.05) is 18.5 Å². The van der Waals surface area contributed by atoms with Gasteiger partial charge in [0, 0.05) is 40.3 Å². The zero-order valence-corrected chi connectivity index (χ0v) is 23.5. The average molecular weight is 595 g/mol. The van der Waals surface area contributed by atoms with Crippen molar-refractivity contribution in [1.29, 1.82) is 0 Å². The molecular formula is C29H29ClF2N8O2. The van der Waals surface area contributed by atoms with Gasteiger partial charge in [-0.25, -0.2) is 9.67 Å². The van der Waals surface area contributed by atoms with Crippen molar-refractivity contribution < 1.29 is 13.9 Å². The van der Waals surface area contributed by atoms with Gasteiger partial charge in [-0.15, -0.1) is 0 Å². The van der Waals surface area contributed by atoms with Gasteiger partial charge in [-0.2, -0.15) is 19.0 Å². The molecule has 2 bridgehead atoms. The molecule has 5 heterocycles. The van der Waals surface area contributed by atoms with Crippen LogP contribution in [0, 0.1) is 5.92 Å². The maximum atomic E-state index is 13.9. The Hall–Kier alpha value is -4.16. The summed E-state index contributed by atoms with van der Waals surface area (Å²) < 4.78 is 31.7. The second kappa shape index (κ2) is 11.6. The number of aliphatic hydroxyl groups is 1. The lowest BCUT2D eigenvalue weighted by Gasteiger charge is -2.22. The zero-order valence-electron chi connectivity index (χ0n) is 22.8. The Bertz CT molecular complexity index is 1800. The Balaban J connectivity index is 1.45. The molecule has 0 fully saturated rings. The van der Waals surface area contributed by atoms with E-state index in [-0.39, 0.29) is 30.3 Å². The molecule has 2 N–H and O–H groups in total. The lowest BCUT2D eigenvalue weighted by molar-refractivity contribution is 0.0585. The first-order valence-electron chi connectivity index (χ1n) is 13.7. The third-order valence-electron chi connectivity index (χ3n) is 7.65. The van der Waals surface area contributed by atoms with Crippen molar-refractivity contribution >= 4 is 28.2 Å². The predicted molar refractivity (Wildman–Crippen MR) is 156 cm³/mol. The van der Waals surface area contributed by atoms with Gasteiger partial charge in [0.15, 0.2) is 0 Å². The Morgan fingerprint density at radius 3 is 2.79 bits per heavy atom. The molecule has 4 aromatic heterocycles. The third kappa shape index (κ3) is 5.27. The number of halogens is 3. The van der Waals surface area contributed by atoms with Gasteiger partial charge >= 0.3 is 6.55 Å². The molecule has 1 aromatic carbocycles. The minimum Gasteiger partial charge on any atom is -0.394 e. The maximum absolute atomic E-state index is 13.9. The van der Waals surface area contributed by atoms with E-state index in [1.54, 1.807) is 45.9 Å². The molecule has 0 saturated carbocycles. The lowest BCUT2D eigenvalue weighted by atomic mass is 9.97. The van der Waals surface area contributed by atoms with Gasteiger partial charge in [0.1, 0.15) is 0 Å². The fraction of sp³-hybridized carbons (Fsp3) is 0.345. The highest BCUT2D eigenvalue weighted by Crippen LogP contribution is 2.35. The first-order valence-corrected chi connectivity index (χ1v) is 14.1. The minimum absolute atomic E-state index is 0.101. The van der Waals surface area contributed by atoms with Gasteiger partial charge in [0.05, 0.1) is 66.2 Å². The molecule has 1 aliphatic heterocycles. The van der Waals surface area contributed by atoms with Crippen LogP contribution in [0.2, 0.25) is 5.02 Å². The summed E-state index contributed by atoms with van der Waals surface area (Å²) in [6, 6.07) is 7.90. The van der Waals surface area contributed by atoms with E-state index < -0.39 is 12.6 Å². The van der Waals surface area contributed by atoms with Gasteiger partial charge < -0.3 is 10.4 Å². The van der Waals surface area contributed by atoms with E-state index in [4.69, 9.17) is 11.6 Å². The normalized spacial score (nSPS) is 17.5. The highest BCUT2D eigenvalue weighted by molar-refractivity contribution is 6.31. The number of fused-ring (bicyclic) bond motifs is 5. The molecule has 13 heteroatoms. The number of aromatic nitrogens is 7. The van der Waals surface area contributed by atoms with E-state index in [0.717, 1.165) is 18.2 Å². The summed E-state index contributed by atoms with van der Waals surface area (Å²) in [5.74, 6) is 0.255. The number of rotatable bonds is 5. The number of nitrogens with zero attached hydrogens (tertiary/aromatic N) is 7. The van der Waals surface area contributed by atoms with Crippen LogP contribution in [0.4, 0.5) is 14.5 Å². The molecule has 0 saturated heterocycles. The van der Waals surface area contributed by atoms with E-state index in [0.29, 0.717) is 56.4 Å². The van der Waals surface area contributed by atoms with Crippen LogP contribution in [-0.2, 0) is 6.54 Å². The van der Waals surface area contributed by atoms with Gasteiger partial charge in [0.2, 0.25) is 0 Å². The molecule has 10 nitrogen and oxygen atoms in total. The van der Waals surface area contributed by atoms with Crippen LogP contribution in [-0.4, -0.2) is 52.4 Å². The summed E-state index contributed by atoms with van der Waals surface area (Å²) in [4.78, 5) is 22.9. The van der Waals surface area contributed by atoms with E-state index >= 15 is 0 Å². The van der Waals surface area contributed by atoms with Gasteiger partial charge in [-0.1, -0.05) is 24.9 Å². The fourth-order valence-corrected chi connectivity index (χ4v) is 5.85. The molecule has 6 rings (SSSR count). The van der Waals surface area contributed by atoms with Crippen molar-refractivity contribution in [2.45, 2.75) is 45.3 Å². The number of pyridine rings is 1. The molecule has 5 aromatic rings. The Morgan fingerprint density at radius 1 is 1.14 bits per heavy atom. The van der Waals surface area contributed by atoms with Crippen molar-refractivity contribution in [3.05, 3.63) is 76.3 Å². The van der Waals surface area contributed by atoms with Crippen LogP contribution in [0.25, 0.3) is 33.4 Å². The standard InChI is InChI=1S/C29H29ClF2N8O2/c1-17-3-2-4-25(23-10-18(5-6-33-23)28-24(34-13-17)15-37-40(28)29(31)32)38-16-35-22(12-26(38)42)21-11-20(30)9-19-14-36-39(7-8-41)27(19)21/h5-6,9-12,14-17,25,29,34,41H,2-4,7-8,13H2,1H3/t17-,25+/m1/s1. The van der Waals surface area contributed by atoms with Crippen LogP contribution < -0.4 is 10.9 Å². The number of hydrogen-bond acceptors (Lipinski definition) is 7. The summed E-state index contributed by atoms with van der Waals surface area (Å²) in [6.45, 7) is 0.0502. The molecule has 42 heavy (non-hydrogen) atoms. The predicted octanol–water partition coefficient (Wildman–Crippen LogP) is 5.38. The lowest BCUT2D eigenvalue weighted by Crippen LogP contribution is -2.26. The van der Waals surface area contributed by atoms with Gasteiger partial charge in [-0.3, -0.25) is 19.0 Å². The van der Waals surface area contributed by atoms with Crippen LogP contribution in [0.3, 0.4) is 0 Å². The van der Waals surface area contributed by atoms with Crippen molar-refractivity contribution in [3.63, 3.8) is 0 Å². The molecule has 0 spiro atoms. The first-order chi connectivity index (χ1) is 20.3. The van der Waals surface area contributed by atoms with E-state index in [1.165, 1.54) is 18.6 Å². The van der Waals surface area contributed by atoms with Crippen molar-refractivity contribution in [3.8, 4) is 22.5 Å². The molecule has 0 amide bonds. The van der Waals surface area contributed by atoms with Crippen LogP contribution in [0.1, 0.15) is 44.5 Å². The van der Waals surface area contributed by atoms with Crippen molar-refractivity contribution in [1.82, 2.24) is 34.1 Å². The average Bonchev–Trinajstić information content (AvgIpc) is 3.58. The van der Waals surface area contributed by atoms with E-state index in [9.17, 15) is 18.7 Å². The minimum atomic E-state index is -2.82. The van der Waals surface area contributed by atoms with Crippen molar-refractivity contribution in [2.24, 2.45) is 5.92 Å². The summed E-state index contributed by atoms with van der Waals surface area (Å²) in [5.41, 5.74) is 3.35. The smallest absolute Gasteiger partial charge is 0.333 e. The highest BCUT2D eigenvalue weighted by atomic mass is 35.5. The molecule has 218 valence electrons. The van der Waals surface area contributed by atoms with E-state index in [2.05, 4.69) is 32.4 Å². The first kappa shape index (κ1) is 28.0. The zero-order chi connectivity index (χ0) is 29.4. The van der Waals surface area contributed by atoms with Gasteiger partial charge in [0.25, 0.3) is 5.56 Å². The topological polar surface area (TPSA) is 116 Å². The van der Waals surface area contributed by atoms with E-state index in [1.807, 2.05) is 0 Å². The second-order valence-electron chi connectivity index (χ2n) is 10.5. The monoisotopic (exact) mass is 594 g/mol. The number of alkyl halides is 2. The summed E-state index contributed by atoms with van der Waals surface area (Å²) in [7, 11) is 0. The molecule has 0 radical (unpaired) electrons. The summed E-state index contributed by atoms with van der Waals surface area (Å²) in [5, 5.41) is 22.3. The number of aliphatic hydroxyl groups excluding tert-OH is 1. The molecular weight excluding hydrogens is 566 g/mol. The molecule has 0 unspecified atom stereocenters. The summed E-state index contributed by atoms with van der Waals surface area (Å²) in [6.07, 6.45) is 8.42. The number of hydrogen-bond donors (Lipinski definition) is 2. The SMILES string of the molecule is C[C@@H]1CCC[C@H](n2cnc(-c3cc(Cl)cc4cnn(CCO)c34)cc2=O)c2cc(ccn2)-c2c(cnn2C(F)F)NC1. The number of nitrogens with one attached hydrogen (secondary N) is 1. The molecule has 0 aliphatic carbocycles. The Kier molecular flexibility index (Phi) is 7.74. The molecule has 2 atom stereocenters. The van der Waals surface area contributed by atoms with Crippen LogP contribution in [0.15, 0.2) is 60.0 Å². The fourth-order valence-electron chi connectivity index (χ4n) is 5.63. The number of anilines is 1. The Labute approximate surface area is 244 Å². The second-order valence-corrected chi connectivity index (χ2v) is 11.0. The quantitative estimate of drug-likeness (QED) is 0.281. The highest BCUT2D eigenvalue weighted by Gasteiger charge is 2.24. The van der Waals surface area contributed by atoms with Gasteiger partial charge in [-0.05, 0) is 43.0 Å². The Morgan fingerprint density at radius 2 is 2.00 bits per heavy atom. The molecule has 1 aliphatic rings. The number of benzene rings is 1. The maximum Gasteiger partial charge on any atom is 0.333 e. The van der Waals surface area contributed by atoms with Crippen LogP contribution in [0.5, 0.6) is 0 Å². The largest absolute Gasteiger partial charge is 0.394 e. The third-order valence-corrected chi connectivity index (χ3v) is 7.87. The summed E-state index contributed by atoms with van der Waals surface area (Å²) >= 11 is 6.38. The van der Waals surface area contributed by atoms with Crippen LogP contribution >= 0.6 is 11.6 Å².